The SMILES string of the molecule is CCCCC1CN(C(=O)OC(C)(C)C)Cc2c(C(N)=O)c(-c3ccc(CC)c(Cl)c3)nn21. The number of hydrogen-bond acceptors (Lipinski definition) is 4. The van der Waals surface area contributed by atoms with Gasteiger partial charge in [-0.1, -0.05) is 50.4 Å². The van der Waals surface area contributed by atoms with Gasteiger partial charge in [-0.3, -0.25) is 9.48 Å². The molecule has 8 heteroatoms. The van der Waals surface area contributed by atoms with Gasteiger partial charge in [0.15, 0.2) is 0 Å². The number of primary amides is 1. The number of carbonyl (C=O) groups excluding carboxylic acids is 2. The minimum absolute atomic E-state index is 0.0662. The fourth-order valence-electron chi connectivity index (χ4n) is 4.06. The molecule has 32 heavy (non-hydrogen) atoms. The highest BCUT2D eigenvalue weighted by Gasteiger charge is 2.36. The highest BCUT2D eigenvalue weighted by Crippen LogP contribution is 2.35. The molecule has 2 aromatic rings. The van der Waals surface area contributed by atoms with E-state index in [9.17, 15) is 9.59 Å². The highest BCUT2D eigenvalue weighted by atomic mass is 35.5. The van der Waals surface area contributed by atoms with Crippen LogP contribution in [0.3, 0.4) is 0 Å². The number of aryl methyl sites for hydroxylation is 1. The first-order valence-electron chi connectivity index (χ1n) is 11.2. The van der Waals surface area contributed by atoms with Crippen LogP contribution in [0.1, 0.15) is 81.5 Å². The van der Waals surface area contributed by atoms with Crippen molar-refractivity contribution < 1.29 is 14.3 Å². The number of aromatic nitrogens is 2. The maximum atomic E-state index is 12.9. The van der Waals surface area contributed by atoms with E-state index in [1.165, 1.54) is 0 Å². The van der Waals surface area contributed by atoms with Crippen LogP contribution >= 0.6 is 11.6 Å². The smallest absolute Gasteiger partial charge is 0.410 e. The van der Waals surface area contributed by atoms with Gasteiger partial charge < -0.3 is 15.4 Å². The average Bonchev–Trinajstić information content (AvgIpc) is 3.10. The van der Waals surface area contributed by atoms with E-state index < -0.39 is 17.6 Å². The molecule has 1 unspecified atom stereocenters. The van der Waals surface area contributed by atoms with Crippen molar-refractivity contribution in [3.05, 3.63) is 40.0 Å². The molecule has 1 aromatic heterocycles. The molecular weight excluding hydrogens is 428 g/mol. The van der Waals surface area contributed by atoms with Gasteiger partial charge in [0.25, 0.3) is 5.91 Å². The van der Waals surface area contributed by atoms with Gasteiger partial charge >= 0.3 is 6.09 Å². The van der Waals surface area contributed by atoms with Crippen molar-refractivity contribution in [3.8, 4) is 11.3 Å². The van der Waals surface area contributed by atoms with Gasteiger partial charge in [-0.15, -0.1) is 0 Å². The Bertz CT molecular complexity index is 1010. The van der Waals surface area contributed by atoms with Crippen LogP contribution in [0.15, 0.2) is 18.2 Å². The van der Waals surface area contributed by atoms with Crippen LogP contribution in [-0.4, -0.2) is 38.8 Å². The van der Waals surface area contributed by atoms with Crippen molar-refractivity contribution in [2.45, 2.75) is 78.5 Å². The molecule has 0 aliphatic carbocycles. The molecule has 0 radical (unpaired) electrons. The van der Waals surface area contributed by atoms with Crippen LogP contribution in [0.4, 0.5) is 4.79 Å². The minimum Gasteiger partial charge on any atom is -0.444 e. The molecule has 0 saturated carbocycles. The van der Waals surface area contributed by atoms with Gasteiger partial charge in [0.05, 0.1) is 23.8 Å². The zero-order valence-corrected chi connectivity index (χ0v) is 20.3. The molecule has 1 aliphatic rings. The fraction of sp³-hybridized carbons (Fsp3) is 0.542. The largest absolute Gasteiger partial charge is 0.444 e. The summed E-state index contributed by atoms with van der Waals surface area (Å²) in [7, 11) is 0. The summed E-state index contributed by atoms with van der Waals surface area (Å²) >= 11 is 6.44. The standard InChI is InChI=1S/C24H33ClN4O3/c1-6-8-9-17-13-28(23(31)32-24(3,4)5)14-19-20(22(26)30)21(27-29(17)19)16-11-10-15(7-2)18(25)12-16/h10-12,17H,6-9,13-14H2,1-5H3,(H2,26,30). The number of ether oxygens (including phenoxy) is 1. The summed E-state index contributed by atoms with van der Waals surface area (Å²) < 4.78 is 7.48. The molecule has 7 nitrogen and oxygen atoms in total. The third-order valence-electron chi connectivity index (χ3n) is 5.62. The lowest BCUT2D eigenvalue weighted by molar-refractivity contribution is 0.0153. The maximum Gasteiger partial charge on any atom is 0.410 e. The van der Waals surface area contributed by atoms with E-state index in [4.69, 9.17) is 27.2 Å². The number of amides is 2. The monoisotopic (exact) mass is 460 g/mol. The molecule has 3 rings (SSSR count). The molecule has 0 spiro atoms. The summed E-state index contributed by atoms with van der Waals surface area (Å²) in [6, 6.07) is 5.62. The number of carbonyl (C=O) groups is 2. The minimum atomic E-state index is -0.608. The molecule has 1 aliphatic heterocycles. The van der Waals surface area contributed by atoms with Gasteiger partial charge in [0, 0.05) is 17.1 Å². The quantitative estimate of drug-likeness (QED) is 0.629. The lowest BCUT2D eigenvalue weighted by Gasteiger charge is -2.35. The second-order valence-corrected chi connectivity index (χ2v) is 9.70. The van der Waals surface area contributed by atoms with Crippen molar-refractivity contribution in [3.63, 3.8) is 0 Å². The third kappa shape index (κ3) is 5.09. The lowest BCUT2D eigenvalue weighted by atomic mass is 10.0. The summed E-state index contributed by atoms with van der Waals surface area (Å²) in [4.78, 5) is 27.1. The Balaban J connectivity index is 2.09. The van der Waals surface area contributed by atoms with Crippen LogP contribution in [0.5, 0.6) is 0 Å². The molecule has 0 saturated heterocycles. The van der Waals surface area contributed by atoms with Gasteiger partial charge in [0.2, 0.25) is 0 Å². The average molecular weight is 461 g/mol. The summed E-state index contributed by atoms with van der Waals surface area (Å²) in [6.45, 7) is 10.4. The number of halogens is 1. The predicted molar refractivity (Wildman–Crippen MR) is 126 cm³/mol. The Morgan fingerprint density at radius 3 is 2.56 bits per heavy atom. The van der Waals surface area contributed by atoms with Gasteiger partial charge in [-0.05, 0) is 45.2 Å². The molecular formula is C24H33ClN4O3. The molecule has 1 atom stereocenters. The van der Waals surface area contributed by atoms with Crippen molar-refractivity contribution in [1.82, 2.24) is 14.7 Å². The molecule has 2 N–H and O–H groups in total. The molecule has 2 amide bonds. The first-order valence-corrected chi connectivity index (χ1v) is 11.6. The summed E-state index contributed by atoms with van der Waals surface area (Å²) in [5.41, 5.74) is 8.46. The van der Waals surface area contributed by atoms with E-state index in [-0.39, 0.29) is 12.6 Å². The molecule has 2 heterocycles. The first kappa shape index (κ1) is 24.1. The van der Waals surface area contributed by atoms with E-state index in [2.05, 4.69) is 6.92 Å². The summed E-state index contributed by atoms with van der Waals surface area (Å²) in [6.07, 6.45) is 3.23. The second-order valence-electron chi connectivity index (χ2n) is 9.30. The van der Waals surface area contributed by atoms with Gasteiger partial charge in [-0.25, -0.2) is 4.79 Å². The van der Waals surface area contributed by atoms with Crippen molar-refractivity contribution in [2.75, 3.05) is 6.54 Å². The number of nitrogens with zero attached hydrogens (tertiary/aromatic N) is 3. The van der Waals surface area contributed by atoms with Gasteiger partial charge in [-0.2, -0.15) is 5.10 Å². The Labute approximate surface area is 194 Å². The molecule has 0 fully saturated rings. The number of nitrogens with two attached hydrogens (primary N) is 1. The molecule has 1 aromatic carbocycles. The fourth-order valence-corrected chi connectivity index (χ4v) is 4.38. The van der Waals surface area contributed by atoms with Crippen molar-refractivity contribution >= 4 is 23.6 Å². The Morgan fingerprint density at radius 2 is 2.00 bits per heavy atom. The summed E-state index contributed by atoms with van der Waals surface area (Å²) in [5.74, 6) is -0.572. The van der Waals surface area contributed by atoms with Crippen LogP contribution in [0, 0.1) is 0 Å². The lowest BCUT2D eigenvalue weighted by Crippen LogP contribution is -2.44. The van der Waals surface area contributed by atoms with E-state index in [1.54, 1.807) is 4.90 Å². The maximum absolute atomic E-state index is 12.9. The number of fused-ring (bicyclic) bond motifs is 1. The second kappa shape index (κ2) is 9.53. The van der Waals surface area contributed by atoms with E-state index >= 15 is 0 Å². The normalized spacial score (nSPS) is 16.1. The Hall–Kier alpha value is -2.54. The first-order chi connectivity index (χ1) is 15.1. The number of hydrogen-bond donors (Lipinski definition) is 1. The number of rotatable bonds is 6. The predicted octanol–water partition coefficient (Wildman–Crippen LogP) is 5.35. The van der Waals surface area contributed by atoms with Crippen molar-refractivity contribution in [1.29, 1.82) is 0 Å². The summed E-state index contributed by atoms with van der Waals surface area (Å²) in [5, 5.41) is 5.45. The van der Waals surface area contributed by atoms with Crippen molar-refractivity contribution in [2.24, 2.45) is 5.73 Å². The third-order valence-corrected chi connectivity index (χ3v) is 5.98. The van der Waals surface area contributed by atoms with E-state index in [0.29, 0.717) is 28.5 Å². The number of unbranched alkanes of at least 4 members (excludes halogenated alkanes) is 1. The zero-order chi connectivity index (χ0) is 23.6. The Kier molecular flexibility index (Phi) is 7.18. The van der Waals surface area contributed by atoms with Crippen LogP contribution in [-0.2, 0) is 17.7 Å². The van der Waals surface area contributed by atoms with Crippen LogP contribution < -0.4 is 5.73 Å². The highest BCUT2D eigenvalue weighted by molar-refractivity contribution is 6.31. The zero-order valence-electron chi connectivity index (χ0n) is 19.6. The Morgan fingerprint density at radius 1 is 1.28 bits per heavy atom. The van der Waals surface area contributed by atoms with E-state index in [1.807, 2.05) is 50.6 Å². The van der Waals surface area contributed by atoms with Crippen LogP contribution in [0.25, 0.3) is 11.3 Å². The topological polar surface area (TPSA) is 90.4 Å². The number of benzene rings is 1. The van der Waals surface area contributed by atoms with E-state index in [0.717, 1.165) is 36.8 Å². The molecule has 174 valence electrons. The van der Waals surface area contributed by atoms with Gasteiger partial charge in [0.1, 0.15) is 11.3 Å². The van der Waals surface area contributed by atoms with Crippen LogP contribution in [0.2, 0.25) is 5.02 Å². The molecule has 0 bridgehead atoms.